The number of rotatable bonds is 2. The van der Waals surface area contributed by atoms with E-state index in [0.29, 0.717) is 21.5 Å². The highest BCUT2D eigenvalue weighted by atomic mass is 32.1. The van der Waals surface area contributed by atoms with Gasteiger partial charge in [0, 0.05) is 10.9 Å². The first-order valence-corrected chi connectivity index (χ1v) is 9.82. The van der Waals surface area contributed by atoms with Crippen molar-refractivity contribution in [3.63, 3.8) is 0 Å². The third-order valence-electron chi connectivity index (χ3n) is 4.96. The number of pyridine rings is 1. The van der Waals surface area contributed by atoms with Gasteiger partial charge in [0.1, 0.15) is 21.6 Å². The Bertz CT molecular complexity index is 1280. The molecule has 0 radical (unpaired) electrons. The number of alkyl halides is 3. The third-order valence-corrected chi connectivity index (χ3v) is 6.04. The number of thiophene rings is 1. The molecule has 0 saturated carbocycles. The van der Waals surface area contributed by atoms with Crippen LogP contribution < -0.4 is 10.6 Å². The molecular formula is C20H14F3N5OS. The van der Waals surface area contributed by atoms with Gasteiger partial charge in [0.15, 0.2) is 0 Å². The fourth-order valence-corrected chi connectivity index (χ4v) is 4.73. The van der Waals surface area contributed by atoms with Gasteiger partial charge in [-0.3, -0.25) is 9.89 Å². The average molecular weight is 429 g/mol. The van der Waals surface area contributed by atoms with Crippen molar-refractivity contribution in [2.45, 2.75) is 19.3 Å². The van der Waals surface area contributed by atoms with E-state index in [0.717, 1.165) is 34.2 Å². The molecule has 0 unspecified atom stereocenters. The van der Waals surface area contributed by atoms with Crippen LogP contribution in [0.3, 0.4) is 0 Å². The number of aromatic amines is 1. The topological polar surface area (TPSA) is 82.7 Å². The number of aromatic nitrogens is 3. The summed E-state index contributed by atoms with van der Waals surface area (Å²) in [6, 6.07) is 10.5. The van der Waals surface area contributed by atoms with Crippen molar-refractivity contribution in [1.82, 2.24) is 20.5 Å². The minimum Gasteiger partial charge on any atom is -0.360 e. The number of anilines is 1. The zero-order valence-corrected chi connectivity index (χ0v) is 16.3. The quantitative estimate of drug-likeness (QED) is 0.425. The number of fused-ring (bicyclic) bond motifs is 3. The van der Waals surface area contributed by atoms with Crippen molar-refractivity contribution < 1.29 is 18.0 Å². The monoisotopic (exact) mass is 429 g/mol. The van der Waals surface area contributed by atoms with Gasteiger partial charge in [-0.1, -0.05) is 30.3 Å². The van der Waals surface area contributed by atoms with Crippen molar-refractivity contribution in [2.75, 3.05) is 5.32 Å². The van der Waals surface area contributed by atoms with Crippen molar-refractivity contribution in [2.24, 2.45) is 0 Å². The van der Waals surface area contributed by atoms with E-state index in [1.807, 2.05) is 30.3 Å². The molecule has 1 aromatic carbocycles. The molecular weight excluding hydrogens is 415 g/mol. The Morgan fingerprint density at radius 3 is 2.63 bits per heavy atom. The number of nitrogens with zero attached hydrogens (tertiary/aromatic N) is 2. The van der Waals surface area contributed by atoms with Crippen LogP contribution in [-0.4, -0.2) is 21.1 Å². The smallest absolute Gasteiger partial charge is 0.360 e. The van der Waals surface area contributed by atoms with Crippen molar-refractivity contribution in [1.29, 1.82) is 0 Å². The molecule has 0 saturated heterocycles. The highest BCUT2D eigenvalue weighted by Crippen LogP contribution is 2.43. The summed E-state index contributed by atoms with van der Waals surface area (Å²) in [5.74, 6) is -0.370. The minimum atomic E-state index is -4.55. The summed E-state index contributed by atoms with van der Waals surface area (Å²) in [7, 11) is 0. The van der Waals surface area contributed by atoms with Gasteiger partial charge >= 0.3 is 6.18 Å². The average Bonchev–Trinajstić information content (AvgIpc) is 3.33. The summed E-state index contributed by atoms with van der Waals surface area (Å²) >= 11 is 0.943. The Balaban J connectivity index is 1.60. The Labute approximate surface area is 172 Å². The molecule has 1 aliphatic heterocycles. The van der Waals surface area contributed by atoms with Gasteiger partial charge in [-0.05, 0) is 24.1 Å². The summed E-state index contributed by atoms with van der Waals surface area (Å²) in [4.78, 5) is 17.0. The van der Waals surface area contributed by atoms with Crippen LogP contribution in [0.4, 0.5) is 18.9 Å². The first kappa shape index (κ1) is 18.6. The van der Waals surface area contributed by atoms with Crippen LogP contribution in [0, 0.1) is 6.92 Å². The molecule has 1 amide bonds. The lowest BCUT2D eigenvalue weighted by molar-refractivity contribution is -0.141. The highest BCUT2D eigenvalue weighted by molar-refractivity contribution is 7.21. The predicted molar refractivity (Wildman–Crippen MR) is 107 cm³/mol. The molecule has 30 heavy (non-hydrogen) atoms. The van der Waals surface area contributed by atoms with Crippen molar-refractivity contribution in [3.8, 4) is 11.3 Å². The van der Waals surface area contributed by atoms with Crippen LogP contribution in [-0.2, 0) is 6.18 Å². The molecule has 4 aromatic rings. The van der Waals surface area contributed by atoms with E-state index in [1.165, 1.54) is 0 Å². The Hall–Kier alpha value is -3.40. The molecule has 0 aliphatic carbocycles. The number of hydrogen-bond donors (Lipinski definition) is 3. The van der Waals surface area contributed by atoms with Gasteiger partial charge in [-0.25, -0.2) is 4.98 Å². The molecule has 3 aromatic heterocycles. The zero-order valence-electron chi connectivity index (χ0n) is 15.5. The van der Waals surface area contributed by atoms with Crippen molar-refractivity contribution >= 4 is 33.1 Å². The van der Waals surface area contributed by atoms with Crippen LogP contribution in [0.1, 0.15) is 32.7 Å². The zero-order chi connectivity index (χ0) is 21.0. The lowest BCUT2D eigenvalue weighted by Gasteiger charge is -2.26. The molecule has 3 N–H and O–H groups in total. The fourth-order valence-electron chi connectivity index (χ4n) is 3.61. The maximum atomic E-state index is 13.1. The number of carbonyl (C=O) groups is 1. The van der Waals surface area contributed by atoms with Gasteiger partial charge in [0.2, 0.25) is 0 Å². The summed E-state index contributed by atoms with van der Waals surface area (Å²) in [6.45, 7) is 1.59. The van der Waals surface area contributed by atoms with E-state index in [-0.39, 0.29) is 10.7 Å². The Morgan fingerprint density at radius 2 is 1.90 bits per heavy atom. The maximum Gasteiger partial charge on any atom is 0.433 e. The number of amides is 1. The van der Waals surface area contributed by atoms with Gasteiger partial charge < -0.3 is 10.6 Å². The number of carbonyl (C=O) groups excluding carboxylic acids is 1. The lowest BCUT2D eigenvalue weighted by atomic mass is 10.0. The van der Waals surface area contributed by atoms with E-state index in [4.69, 9.17) is 0 Å². The van der Waals surface area contributed by atoms with Crippen LogP contribution in [0.2, 0.25) is 0 Å². The summed E-state index contributed by atoms with van der Waals surface area (Å²) in [6.07, 6.45) is -3.53. The molecule has 1 atom stereocenters. The number of nitrogens with one attached hydrogen (secondary N) is 3. The summed E-state index contributed by atoms with van der Waals surface area (Å²) < 4.78 is 39.4. The second-order valence-electron chi connectivity index (χ2n) is 6.93. The summed E-state index contributed by atoms with van der Waals surface area (Å²) in [5.41, 5.74) is 2.28. The number of hydrogen-bond acceptors (Lipinski definition) is 5. The van der Waals surface area contributed by atoms with Crippen LogP contribution in [0.15, 0.2) is 42.6 Å². The highest BCUT2D eigenvalue weighted by Gasteiger charge is 2.36. The first-order chi connectivity index (χ1) is 14.3. The second-order valence-corrected chi connectivity index (χ2v) is 7.92. The second kappa shape index (κ2) is 6.56. The lowest BCUT2D eigenvalue weighted by Crippen LogP contribution is -2.37. The van der Waals surface area contributed by atoms with E-state index >= 15 is 0 Å². The number of aryl methyl sites for hydroxylation is 1. The molecule has 5 rings (SSSR count). The molecule has 6 nitrogen and oxygen atoms in total. The molecule has 0 bridgehead atoms. The van der Waals surface area contributed by atoms with Crippen LogP contribution in [0.25, 0.3) is 21.5 Å². The molecule has 0 spiro atoms. The van der Waals surface area contributed by atoms with Crippen LogP contribution in [0.5, 0.6) is 0 Å². The largest absolute Gasteiger partial charge is 0.433 e. The third kappa shape index (κ3) is 2.91. The van der Waals surface area contributed by atoms with Gasteiger partial charge in [0.25, 0.3) is 5.91 Å². The van der Waals surface area contributed by atoms with E-state index < -0.39 is 18.0 Å². The normalized spacial score (nSPS) is 16.3. The molecule has 0 fully saturated rings. The van der Waals surface area contributed by atoms with Crippen LogP contribution >= 0.6 is 11.3 Å². The molecule has 10 heteroatoms. The van der Waals surface area contributed by atoms with E-state index in [9.17, 15) is 18.0 Å². The predicted octanol–water partition coefficient (Wildman–Crippen LogP) is 4.87. The van der Waals surface area contributed by atoms with Crippen molar-refractivity contribution in [3.05, 3.63) is 64.3 Å². The Kier molecular flexibility index (Phi) is 4.07. The molecule has 152 valence electrons. The van der Waals surface area contributed by atoms with E-state index in [1.54, 1.807) is 13.1 Å². The number of halogens is 3. The minimum absolute atomic E-state index is 0.172. The number of benzene rings is 1. The maximum absolute atomic E-state index is 13.1. The van der Waals surface area contributed by atoms with Gasteiger partial charge in [-0.15, -0.1) is 11.3 Å². The van der Waals surface area contributed by atoms with E-state index in [2.05, 4.69) is 25.8 Å². The fraction of sp³-hybridized carbons (Fsp3) is 0.150. The molecule has 4 heterocycles. The SMILES string of the molecule is Cc1cc(C(F)(F)F)nc2sc3c(c12)N[C@@H](c1cn[nH]c1-c1ccccc1)NC3=O. The Morgan fingerprint density at radius 1 is 1.13 bits per heavy atom. The first-order valence-electron chi connectivity index (χ1n) is 9.00. The molecule has 1 aliphatic rings. The van der Waals surface area contributed by atoms with Gasteiger partial charge in [-0.2, -0.15) is 18.3 Å². The van der Waals surface area contributed by atoms with Gasteiger partial charge in [0.05, 0.1) is 17.6 Å². The summed E-state index contributed by atoms with van der Waals surface area (Å²) in [5, 5.41) is 13.7. The standard InChI is InChI=1S/C20H14F3N5OS/c1-9-7-12(20(21,22)23)25-19-13(9)15-16(30-19)18(29)27-17(26-15)11-8-24-28-14(11)10-5-3-2-4-6-10/h2-8,17,26H,1H3,(H,24,28)(H,27,29)/t17-/m1/s1. The number of H-pyrrole nitrogens is 1.